The highest BCUT2D eigenvalue weighted by Crippen LogP contribution is 2.19. The molecule has 0 aromatic heterocycles. The summed E-state index contributed by atoms with van der Waals surface area (Å²) in [5.41, 5.74) is 0.849. The van der Waals surface area contributed by atoms with Crippen LogP contribution in [0.1, 0.15) is 12.5 Å². The van der Waals surface area contributed by atoms with Crippen molar-refractivity contribution in [3.05, 3.63) is 60.2 Å². The van der Waals surface area contributed by atoms with Gasteiger partial charge in [-0.3, -0.25) is 4.79 Å². The Bertz CT molecular complexity index is 710. The van der Waals surface area contributed by atoms with Crippen LogP contribution in [0, 0.1) is 0 Å². The fourth-order valence-electron chi connectivity index (χ4n) is 2.20. The SMILES string of the molecule is COc1ccc(OCC(C)NC(=O)/C=C/c2ccccc2OC)cc1. The molecule has 5 nitrogen and oxygen atoms in total. The van der Waals surface area contributed by atoms with Crippen LogP contribution >= 0.6 is 0 Å². The lowest BCUT2D eigenvalue weighted by molar-refractivity contribution is -0.117. The van der Waals surface area contributed by atoms with Gasteiger partial charge in [0.2, 0.25) is 5.91 Å². The number of nitrogens with one attached hydrogen (secondary N) is 1. The number of benzene rings is 2. The second-order valence-corrected chi connectivity index (χ2v) is 5.47. The van der Waals surface area contributed by atoms with Gasteiger partial charge >= 0.3 is 0 Å². The molecule has 2 aromatic carbocycles. The zero-order chi connectivity index (χ0) is 18.1. The first-order valence-corrected chi connectivity index (χ1v) is 8.01. The van der Waals surface area contributed by atoms with Gasteiger partial charge in [-0.05, 0) is 43.3 Å². The molecule has 0 saturated heterocycles. The minimum Gasteiger partial charge on any atom is -0.497 e. The van der Waals surface area contributed by atoms with E-state index in [1.165, 1.54) is 6.08 Å². The molecule has 25 heavy (non-hydrogen) atoms. The predicted molar refractivity (Wildman–Crippen MR) is 98.1 cm³/mol. The van der Waals surface area contributed by atoms with Crippen LogP contribution in [0.4, 0.5) is 0 Å². The first kappa shape index (κ1) is 18.4. The van der Waals surface area contributed by atoms with Crippen molar-refractivity contribution in [3.63, 3.8) is 0 Å². The van der Waals surface area contributed by atoms with Crippen LogP contribution in [0.25, 0.3) is 6.08 Å². The molecule has 0 aliphatic rings. The van der Waals surface area contributed by atoms with E-state index in [1.807, 2.05) is 55.5 Å². The number of carbonyl (C=O) groups is 1. The third-order valence-corrected chi connectivity index (χ3v) is 3.50. The summed E-state index contributed by atoms with van der Waals surface area (Å²) < 4.78 is 16.0. The maximum atomic E-state index is 12.0. The molecule has 0 saturated carbocycles. The standard InChI is InChI=1S/C20H23NO4/c1-15(14-25-18-11-9-17(23-2)10-12-18)21-20(22)13-8-16-6-4-5-7-19(16)24-3/h4-13,15H,14H2,1-3H3,(H,21,22)/b13-8+. The van der Waals surface area contributed by atoms with E-state index < -0.39 is 0 Å². The van der Waals surface area contributed by atoms with E-state index in [4.69, 9.17) is 14.2 Å². The number of amides is 1. The smallest absolute Gasteiger partial charge is 0.244 e. The Morgan fingerprint density at radius 3 is 2.40 bits per heavy atom. The predicted octanol–water partition coefficient (Wildman–Crippen LogP) is 3.30. The minimum absolute atomic E-state index is 0.128. The number of ether oxygens (including phenoxy) is 3. The van der Waals surface area contributed by atoms with Crippen molar-refractivity contribution >= 4 is 12.0 Å². The Hall–Kier alpha value is -2.95. The molecule has 1 amide bonds. The molecule has 0 fully saturated rings. The van der Waals surface area contributed by atoms with Gasteiger partial charge in [0.15, 0.2) is 0 Å². The van der Waals surface area contributed by atoms with Crippen LogP contribution in [0.15, 0.2) is 54.6 Å². The summed E-state index contributed by atoms with van der Waals surface area (Å²) in [7, 11) is 3.22. The molecule has 2 aromatic rings. The summed E-state index contributed by atoms with van der Waals surface area (Å²) in [4.78, 5) is 12.0. The lowest BCUT2D eigenvalue weighted by atomic mass is 10.2. The first-order chi connectivity index (χ1) is 12.1. The van der Waals surface area contributed by atoms with Crippen molar-refractivity contribution in [1.82, 2.24) is 5.32 Å². The number of carbonyl (C=O) groups excluding carboxylic acids is 1. The van der Waals surface area contributed by atoms with E-state index in [2.05, 4.69) is 5.32 Å². The molecule has 0 aliphatic heterocycles. The molecule has 5 heteroatoms. The largest absolute Gasteiger partial charge is 0.497 e. The van der Waals surface area contributed by atoms with Crippen molar-refractivity contribution in [1.29, 1.82) is 0 Å². The molecular weight excluding hydrogens is 318 g/mol. The van der Waals surface area contributed by atoms with Crippen LogP contribution in [0.2, 0.25) is 0 Å². The van der Waals surface area contributed by atoms with Gasteiger partial charge in [-0.1, -0.05) is 18.2 Å². The van der Waals surface area contributed by atoms with Crippen molar-refractivity contribution < 1.29 is 19.0 Å². The maximum absolute atomic E-state index is 12.0. The van der Waals surface area contributed by atoms with Crippen LogP contribution in [-0.4, -0.2) is 32.8 Å². The number of hydrogen-bond acceptors (Lipinski definition) is 4. The van der Waals surface area contributed by atoms with Crippen LogP contribution < -0.4 is 19.5 Å². The van der Waals surface area contributed by atoms with Crippen molar-refractivity contribution in [2.24, 2.45) is 0 Å². The molecule has 0 bridgehead atoms. The summed E-state index contributed by atoms with van der Waals surface area (Å²) >= 11 is 0. The van der Waals surface area contributed by atoms with Crippen molar-refractivity contribution in [3.8, 4) is 17.2 Å². The van der Waals surface area contributed by atoms with Gasteiger partial charge in [-0.25, -0.2) is 0 Å². The topological polar surface area (TPSA) is 56.8 Å². The highest BCUT2D eigenvalue weighted by atomic mass is 16.5. The van der Waals surface area contributed by atoms with Crippen molar-refractivity contribution in [2.45, 2.75) is 13.0 Å². The van der Waals surface area contributed by atoms with Crippen LogP contribution in [0.3, 0.4) is 0 Å². The molecule has 0 heterocycles. The Balaban J connectivity index is 1.82. The Kier molecular flexibility index (Phi) is 6.89. The second-order valence-electron chi connectivity index (χ2n) is 5.47. The summed E-state index contributed by atoms with van der Waals surface area (Å²) in [6.45, 7) is 2.26. The second kappa shape index (κ2) is 9.37. The van der Waals surface area contributed by atoms with Gasteiger partial charge in [0.05, 0.1) is 20.3 Å². The Labute approximate surface area is 148 Å². The fourth-order valence-corrected chi connectivity index (χ4v) is 2.20. The molecule has 0 aliphatic carbocycles. The molecule has 1 atom stereocenters. The molecule has 132 valence electrons. The van der Waals surface area contributed by atoms with E-state index in [-0.39, 0.29) is 11.9 Å². The normalized spacial score (nSPS) is 11.8. The van der Waals surface area contributed by atoms with Gasteiger partial charge < -0.3 is 19.5 Å². The van der Waals surface area contributed by atoms with E-state index in [0.717, 1.165) is 22.8 Å². The third-order valence-electron chi connectivity index (χ3n) is 3.50. The number of hydrogen-bond donors (Lipinski definition) is 1. The maximum Gasteiger partial charge on any atom is 0.244 e. The Morgan fingerprint density at radius 1 is 1.04 bits per heavy atom. The van der Waals surface area contributed by atoms with Gasteiger partial charge in [0.1, 0.15) is 23.9 Å². The van der Waals surface area contributed by atoms with Gasteiger partial charge in [-0.2, -0.15) is 0 Å². The minimum atomic E-state index is -0.184. The van der Waals surface area contributed by atoms with E-state index in [0.29, 0.717) is 6.61 Å². The number of para-hydroxylation sites is 1. The van der Waals surface area contributed by atoms with Crippen molar-refractivity contribution in [2.75, 3.05) is 20.8 Å². The van der Waals surface area contributed by atoms with E-state index in [1.54, 1.807) is 20.3 Å². The lowest BCUT2D eigenvalue weighted by Gasteiger charge is -2.14. The Morgan fingerprint density at radius 2 is 1.72 bits per heavy atom. The zero-order valence-corrected chi connectivity index (χ0v) is 14.7. The van der Waals surface area contributed by atoms with Gasteiger partial charge in [0, 0.05) is 11.6 Å². The summed E-state index contributed by atoms with van der Waals surface area (Å²) in [6.07, 6.45) is 3.22. The quantitative estimate of drug-likeness (QED) is 0.749. The molecule has 0 spiro atoms. The number of rotatable bonds is 8. The highest BCUT2D eigenvalue weighted by molar-refractivity contribution is 5.92. The van der Waals surface area contributed by atoms with Gasteiger partial charge in [-0.15, -0.1) is 0 Å². The van der Waals surface area contributed by atoms with Crippen LogP contribution in [-0.2, 0) is 4.79 Å². The zero-order valence-electron chi connectivity index (χ0n) is 14.7. The molecule has 1 N–H and O–H groups in total. The monoisotopic (exact) mass is 341 g/mol. The van der Waals surface area contributed by atoms with E-state index in [9.17, 15) is 4.79 Å². The average Bonchev–Trinajstić information content (AvgIpc) is 2.65. The fraction of sp³-hybridized carbons (Fsp3) is 0.250. The summed E-state index contributed by atoms with van der Waals surface area (Å²) in [5.74, 6) is 2.04. The number of methoxy groups -OCH3 is 2. The molecule has 1 unspecified atom stereocenters. The molecular formula is C20H23NO4. The van der Waals surface area contributed by atoms with Gasteiger partial charge in [0.25, 0.3) is 0 Å². The summed E-state index contributed by atoms with van der Waals surface area (Å²) in [5, 5.41) is 2.86. The summed E-state index contributed by atoms with van der Waals surface area (Å²) in [6, 6.07) is 14.7. The van der Waals surface area contributed by atoms with E-state index >= 15 is 0 Å². The first-order valence-electron chi connectivity index (χ1n) is 8.01. The highest BCUT2D eigenvalue weighted by Gasteiger charge is 2.06. The van der Waals surface area contributed by atoms with Crippen LogP contribution in [0.5, 0.6) is 17.2 Å². The third kappa shape index (κ3) is 5.88. The lowest BCUT2D eigenvalue weighted by Crippen LogP contribution is -2.35. The average molecular weight is 341 g/mol. The molecule has 0 radical (unpaired) electrons. The molecule has 2 rings (SSSR count).